The molecule has 0 radical (unpaired) electrons. The normalized spacial score (nSPS) is 13.6. The van der Waals surface area contributed by atoms with Crippen LogP contribution < -0.4 is 10.1 Å². The Morgan fingerprint density at radius 3 is 2.52 bits per heavy atom. The van der Waals surface area contributed by atoms with Crippen molar-refractivity contribution in [1.82, 2.24) is 4.98 Å². The van der Waals surface area contributed by atoms with Crippen molar-refractivity contribution in [2.45, 2.75) is 26.0 Å². The van der Waals surface area contributed by atoms with Gasteiger partial charge in [0.05, 0.1) is 17.7 Å². The highest BCUT2D eigenvalue weighted by molar-refractivity contribution is 6.07. The zero-order valence-corrected chi connectivity index (χ0v) is 15.6. The minimum absolute atomic E-state index is 0.100. The number of hydrogen-bond acceptors (Lipinski definition) is 3. The number of aromatic amines is 1. The first kappa shape index (κ1) is 17.4. The Morgan fingerprint density at radius 2 is 1.67 bits per heavy atom. The molecule has 2 atom stereocenters. The number of nitrogens with one attached hydrogen (secondary N) is 2. The van der Waals surface area contributed by atoms with Crippen molar-refractivity contribution in [2.75, 3.05) is 11.9 Å². The molecule has 4 rings (SSSR count). The average molecular weight is 360 g/mol. The van der Waals surface area contributed by atoms with Gasteiger partial charge in [-0.05, 0) is 38.1 Å². The SMILES string of the molecule is CC(COc1ccc2c(c1)[nH]c1ccccc12)Nc1ccccc1C(C)O. The molecule has 3 aromatic carbocycles. The predicted octanol–water partition coefficient (Wildman–Crippen LogP) is 5.25. The highest BCUT2D eigenvalue weighted by Crippen LogP contribution is 2.28. The second-order valence-electron chi connectivity index (χ2n) is 7.00. The number of benzene rings is 3. The summed E-state index contributed by atoms with van der Waals surface area (Å²) in [5.74, 6) is 0.839. The van der Waals surface area contributed by atoms with Gasteiger partial charge in [-0.1, -0.05) is 36.4 Å². The van der Waals surface area contributed by atoms with E-state index in [-0.39, 0.29) is 6.04 Å². The van der Waals surface area contributed by atoms with Crippen LogP contribution >= 0.6 is 0 Å². The molecule has 0 aliphatic rings. The van der Waals surface area contributed by atoms with E-state index >= 15 is 0 Å². The summed E-state index contributed by atoms with van der Waals surface area (Å²) in [4.78, 5) is 3.44. The highest BCUT2D eigenvalue weighted by Gasteiger charge is 2.11. The van der Waals surface area contributed by atoms with Gasteiger partial charge in [0, 0.05) is 33.6 Å². The molecule has 0 saturated heterocycles. The summed E-state index contributed by atoms with van der Waals surface area (Å²) in [6, 6.07) is 22.4. The number of anilines is 1. The van der Waals surface area contributed by atoms with Crippen molar-refractivity contribution in [3.63, 3.8) is 0 Å². The highest BCUT2D eigenvalue weighted by atomic mass is 16.5. The first-order valence-corrected chi connectivity index (χ1v) is 9.28. The van der Waals surface area contributed by atoms with Gasteiger partial charge >= 0.3 is 0 Å². The van der Waals surface area contributed by atoms with Crippen LogP contribution in [0.3, 0.4) is 0 Å². The van der Waals surface area contributed by atoms with E-state index in [1.165, 1.54) is 10.8 Å². The van der Waals surface area contributed by atoms with E-state index < -0.39 is 6.10 Å². The van der Waals surface area contributed by atoms with Crippen LogP contribution in [0.15, 0.2) is 66.7 Å². The molecule has 4 nitrogen and oxygen atoms in total. The van der Waals surface area contributed by atoms with Crippen molar-refractivity contribution >= 4 is 27.5 Å². The Balaban J connectivity index is 1.46. The van der Waals surface area contributed by atoms with Crippen LogP contribution in [-0.4, -0.2) is 22.7 Å². The molecule has 0 aliphatic heterocycles. The van der Waals surface area contributed by atoms with E-state index in [1.54, 1.807) is 6.92 Å². The fraction of sp³-hybridized carbons (Fsp3) is 0.217. The van der Waals surface area contributed by atoms with Crippen molar-refractivity contribution in [1.29, 1.82) is 0 Å². The summed E-state index contributed by atoms with van der Waals surface area (Å²) in [6.45, 7) is 4.37. The molecule has 0 fully saturated rings. The third-order valence-electron chi connectivity index (χ3n) is 4.79. The quantitative estimate of drug-likeness (QED) is 0.440. The molecule has 2 unspecified atom stereocenters. The van der Waals surface area contributed by atoms with Gasteiger partial charge in [-0.25, -0.2) is 0 Å². The maximum absolute atomic E-state index is 9.91. The van der Waals surface area contributed by atoms with Crippen LogP contribution in [0.4, 0.5) is 5.69 Å². The zero-order valence-electron chi connectivity index (χ0n) is 15.6. The van der Waals surface area contributed by atoms with Gasteiger partial charge in [-0.2, -0.15) is 0 Å². The van der Waals surface area contributed by atoms with Crippen LogP contribution in [0.1, 0.15) is 25.5 Å². The van der Waals surface area contributed by atoms with E-state index in [2.05, 4.69) is 41.5 Å². The first-order valence-electron chi connectivity index (χ1n) is 9.28. The summed E-state index contributed by atoms with van der Waals surface area (Å²) >= 11 is 0. The van der Waals surface area contributed by atoms with Crippen LogP contribution in [0.25, 0.3) is 21.8 Å². The summed E-state index contributed by atoms with van der Waals surface area (Å²) < 4.78 is 6.00. The van der Waals surface area contributed by atoms with Crippen molar-refractivity contribution in [2.24, 2.45) is 0 Å². The largest absolute Gasteiger partial charge is 0.491 e. The van der Waals surface area contributed by atoms with Crippen LogP contribution in [0, 0.1) is 0 Å². The lowest BCUT2D eigenvalue weighted by molar-refractivity contribution is 0.200. The molecule has 0 aliphatic carbocycles. The second kappa shape index (κ2) is 7.33. The van der Waals surface area contributed by atoms with E-state index in [0.717, 1.165) is 28.0 Å². The Kier molecular flexibility index (Phi) is 4.73. The van der Waals surface area contributed by atoms with Crippen LogP contribution in [-0.2, 0) is 0 Å². The number of aromatic nitrogens is 1. The predicted molar refractivity (Wildman–Crippen MR) is 111 cm³/mol. The molecule has 138 valence electrons. The summed E-state index contributed by atoms with van der Waals surface area (Å²) in [5.41, 5.74) is 4.04. The Labute approximate surface area is 158 Å². The Bertz CT molecular complexity index is 1070. The van der Waals surface area contributed by atoms with Crippen molar-refractivity contribution in [3.05, 3.63) is 72.3 Å². The molecule has 0 spiro atoms. The number of ether oxygens (including phenoxy) is 1. The van der Waals surface area contributed by atoms with Gasteiger partial charge in [0.25, 0.3) is 0 Å². The smallest absolute Gasteiger partial charge is 0.121 e. The molecular weight excluding hydrogens is 336 g/mol. The molecule has 3 N–H and O–H groups in total. The first-order chi connectivity index (χ1) is 13.1. The number of fused-ring (bicyclic) bond motifs is 3. The fourth-order valence-electron chi connectivity index (χ4n) is 3.44. The molecular formula is C23H24N2O2. The number of aliphatic hydroxyl groups excluding tert-OH is 1. The molecule has 4 aromatic rings. The minimum Gasteiger partial charge on any atom is -0.491 e. The van der Waals surface area contributed by atoms with Gasteiger partial charge in [-0.3, -0.25) is 0 Å². The maximum Gasteiger partial charge on any atom is 0.121 e. The number of hydrogen-bond donors (Lipinski definition) is 3. The zero-order chi connectivity index (χ0) is 18.8. The number of rotatable bonds is 6. The van der Waals surface area contributed by atoms with Crippen LogP contribution in [0.5, 0.6) is 5.75 Å². The number of aliphatic hydroxyl groups is 1. The standard InChI is InChI=1S/C23H24N2O2/c1-15(24-21-9-5-3-7-18(21)16(2)26)14-27-17-11-12-20-19-8-4-6-10-22(19)25-23(20)13-17/h3-13,15-16,24-26H,14H2,1-2H3. The third-order valence-corrected chi connectivity index (χ3v) is 4.79. The topological polar surface area (TPSA) is 57.3 Å². The summed E-state index contributed by atoms with van der Waals surface area (Å²) in [7, 11) is 0. The molecule has 1 heterocycles. The van der Waals surface area contributed by atoms with E-state index in [9.17, 15) is 5.11 Å². The Morgan fingerprint density at radius 1 is 0.926 bits per heavy atom. The lowest BCUT2D eigenvalue weighted by atomic mass is 10.1. The fourth-order valence-corrected chi connectivity index (χ4v) is 3.44. The molecule has 0 bridgehead atoms. The monoisotopic (exact) mass is 360 g/mol. The van der Waals surface area contributed by atoms with Gasteiger partial charge in [0.15, 0.2) is 0 Å². The second-order valence-corrected chi connectivity index (χ2v) is 7.00. The lowest BCUT2D eigenvalue weighted by Crippen LogP contribution is -2.24. The Hall–Kier alpha value is -2.98. The van der Waals surface area contributed by atoms with Crippen molar-refractivity contribution < 1.29 is 9.84 Å². The number of para-hydroxylation sites is 2. The molecule has 0 saturated carbocycles. The van der Waals surface area contributed by atoms with Gasteiger partial charge in [-0.15, -0.1) is 0 Å². The molecule has 0 amide bonds. The summed E-state index contributed by atoms with van der Waals surface area (Å²) in [6.07, 6.45) is -0.508. The molecule has 1 aromatic heterocycles. The van der Waals surface area contributed by atoms with E-state index in [1.807, 2.05) is 42.5 Å². The maximum atomic E-state index is 9.91. The summed E-state index contributed by atoms with van der Waals surface area (Å²) in [5, 5.41) is 15.8. The lowest BCUT2D eigenvalue weighted by Gasteiger charge is -2.19. The number of H-pyrrole nitrogens is 1. The average Bonchev–Trinajstić information content (AvgIpc) is 3.04. The van der Waals surface area contributed by atoms with Gasteiger partial charge in [0.1, 0.15) is 12.4 Å². The van der Waals surface area contributed by atoms with Crippen molar-refractivity contribution in [3.8, 4) is 5.75 Å². The van der Waals surface area contributed by atoms with E-state index in [4.69, 9.17) is 4.74 Å². The molecule has 27 heavy (non-hydrogen) atoms. The van der Waals surface area contributed by atoms with Crippen LogP contribution in [0.2, 0.25) is 0 Å². The third kappa shape index (κ3) is 3.62. The molecule has 4 heteroatoms. The van der Waals surface area contributed by atoms with E-state index in [0.29, 0.717) is 6.61 Å². The van der Waals surface area contributed by atoms with Gasteiger partial charge < -0.3 is 20.1 Å². The van der Waals surface area contributed by atoms with Gasteiger partial charge in [0.2, 0.25) is 0 Å². The minimum atomic E-state index is -0.508.